The van der Waals surface area contributed by atoms with Crippen LogP contribution in [0.5, 0.6) is 0 Å². The first-order valence-corrected chi connectivity index (χ1v) is 8.78. The van der Waals surface area contributed by atoms with E-state index in [0.717, 1.165) is 10.6 Å². The fourth-order valence-electron chi connectivity index (χ4n) is 3.28. The molecule has 1 aliphatic rings. The highest BCUT2D eigenvalue weighted by atomic mass is 127. The fraction of sp³-hybridized carbons (Fsp3) is 0.333. The maximum Gasteiger partial charge on any atom is 0.0438 e. The van der Waals surface area contributed by atoms with Crippen LogP contribution in [0.2, 0.25) is 5.02 Å². The van der Waals surface area contributed by atoms with Crippen LogP contribution in [0.3, 0.4) is 0 Å². The zero-order valence-corrected chi connectivity index (χ0v) is 15.2. The van der Waals surface area contributed by atoms with Gasteiger partial charge in [-0.25, -0.2) is 0 Å². The van der Waals surface area contributed by atoms with Crippen LogP contribution < -0.4 is 5.32 Å². The highest BCUT2D eigenvalue weighted by Gasteiger charge is 2.27. The first-order valence-electron chi connectivity index (χ1n) is 7.33. The lowest BCUT2D eigenvalue weighted by atomic mass is 9.76. The van der Waals surface area contributed by atoms with Gasteiger partial charge in [0.1, 0.15) is 0 Å². The van der Waals surface area contributed by atoms with Crippen LogP contribution in [-0.4, -0.2) is 7.05 Å². The maximum absolute atomic E-state index is 6.33. The van der Waals surface area contributed by atoms with E-state index in [2.05, 4.69) is 78.3 Å². The van der Waals surface area contributed by atoms with Gasteiger partial charge < -0.3 is 5.32 Å². The van der Waals surface area contributed by atoms with E-state index in [-0.39, 0.29) is 0 Å². The molecule has 21 heavy (non-hydrogen) atoms. The summed E-state index contributed by atoms with van der Waals surface area (Å²) in [5.74, 6) is 0.458. The van der Waals surface area contributed by atoms with E-state index < -0.39 is 0 Å². The molecule has 1 nitrogen and oxygen atoms in total. The fourth-order valence-corrected chi connectivity index (χ4v) is 3.99. The summed E-state index contributed by atoms with van der Waals surface area (Å²) < 4.78 is 1.30. The van der Waals surface area contributed by atoms with Crippen LogP contribution in [0.15, 0.2) is 36.4 Å². The maximum atomic E-state index is 6.33. The van der Waals surface area contributed by atoms with E-state index in [1.54, 1.807) is 0 Å². The zero-order valence-electron chi connectivity index (χ0n) is 12.3. The Morgan fingerprint density at radius 1 is 1.10 bits per heavy atom. The number of aryl methyl sites for hydroxylation is 1. The Morgan fingerprint density at radius 3 is 2.62 bits per heavy atom. The minimum absolute atomic E-state index is 0.458. The molecule has 2 atom stereocenters. The van der Waals surface area contributed by atoms with Crippen LogP contribution >= 0.6 is 34.2 Å². The summed E-state index contributed by atoms with van der Waals surface area (Å²) in [6, 6.07) is 13.8. The van der Waals surface area contributed by atoms with Gasteiger partial charge in [-0.1, -0.05) is 29.8 Å². The van der Waals surface area contributed by atoms with E-state index in [0.29, 0.717) is 12.0 Å². The third-order valence-corrected chi connectivity index (χ3v) is 5.57. The Bertz CT molecular complexity index is 668. The second-order valence-corrected chi connectivity index (χ2v) is 7.41. The zero-order chi connectivity index (χ0) is 15.0. The summed E-state index contributed by atoms with van der Waals surface area (Å²) in [6.07, 6.45) is 2.33. The van der Waals surface area contributed by atoms with Crippen LogP contribution in [0, 0.1) is 10.5 Å². The third-order valence-electron chi connectivity index (χ3n) is 4.49. The van der Waals surface area contributed by atoms with Gasteiger partial charge in [-0.15, -0.1) is 0 Å². The Morgan fingerprint density at radius 2 is 1.90 bits per heavy atom. The molecule has 0 spiro atoms. The van der Waals surface area contributed by atoms with E-state index >= 15 is 0 Å². The summed E-state index contributed by atoms with van der Waals surface area (Å²) in [7, 11) is 2.05. The Hall–Kier alpha value is -0.580. The lowest BCUT2D eigenvalue weighted by molar-refractivity contribution is 0.470. The second-order valence-electron chi connectivity index (χ2n) is 5.75. The molecule has 0 fully saturated rings. The molecule has 0 saturated carbocycles. The predicted molar refractivity (Wildman–Crippen MR) is 98.2 cm³/mol. The van der Waals surface area contributed by atoms with E-state index in [4.69, 9.17) is 11.6 Å². The molecule has 3 rings (SSSR count). The van der Waals surface area contributed by atoms with E-state index in [9.17, 15) is 0 Å². The molecular weight excluding hydrogens is 393 g/mol. The molecule has 0 heterocycles. The molecule has 110 valence electrons. The first kappa shape index (κ1) is 15.3. The molecule has 2 aromatic rings. The van der Waals surface area contributed by atoms with E-state index in [1.165, 1.54) is 33.1 Å². The van der Waals surface area contributed by atoms with Gasteiger partial charge >= 0.3 is 0 Å². The van der Waals surface area contributed by atoms with Gasteiger partial charge in [0.15, 0.2) is 0 Å². The topological polar surface area (TPSA) is 12.0 Å². The van der Waals surface area contributed by atoms with E-state index in [1.807, 2.05) is 0 Å². The number of benzene rings is 2. The van der Waals surface area contributed by atoms with Crippen molar-refractivity contribution in [2.24, 2.45) is 0 Å². The molecular formula is C18H19ClIN. The molecule has 0 unspecified atom stereocenters. The Kier molecular flexibility index (Phi) is 4.57. The number of halogens is 2. The van der Waals surface area contributed by atoms with Gasteiger partial charge in [-0.05, 0) is 89.9 Å². The second kappa shape index (κ2) is 6.27. The van der Waals surface area contributed by atoms with Crippen molar-refractivity contribution in [1.82, 2.24) is 5.32 Å². The highest BCUT2D eigenvalue weighted by Crippen LogP contribution is 2.42. The summed E-state index contributed by atoms with van der Waals surface area (Å²) in [4.78, 5) is 0. The Labute approximate surface area is 145 Å². The van der Waals surface area contributed by atoms with Gasteiger partial charge in [0.2, 0.25) is 0 Å². The highest BCUT2D eigenvalue weighted by molar-refractivity contribution is 14.1. The molecule has 0 radical (unpaired) electrons. The van der Waals surface area contributed by atoms with Gasteiger partial charge in [-0.3, -0.25) is 0 Å². The van der Waals surface area contributed by atoms with Crippen molar-refractivity contribution in [3.05, 3.63) is 67.2 Å². The third kappa shape index (κ3) is 2.99. The average Bonchev–Trinajstić information content (AvgIpc) is 2.49. The van der Waals surface area contributed by atoms with Crippen LogP contribution in [0.1, 0.15) is 47.1 Å². The van der Waals surface area contributed by atoms with Crippen LogP contribution in [-0.2, 0) is 0 Å². The molecule has 3 heteroatoms. The largest absolute Gasteiger partial charge is 0.313 e. The van der Waals surface area contributed by atoms with Crippen LogP contribution in [0.4, 0.5) is 0 Å². The van der Waals surface area contributed by atoms with Crippen molar-refractivity contribution >= 4 is 34.2 Å². The minimum atomic E-state index is 0.458. The average molecular weight is 412 g/mol. The first-order chi connectivity index (χ1) is 10.1. The molecule has 0 amide bonds. The molecule has 0 aromatic heterocycles. The lowest BCUT2D eigenvalue weighted by Gasteiger charge is -2.32. The lowest BCUT2D eigenvalue weighted by Crippen LogP contribution is -2.24. The molecule has 2 aromatic carbocycles. The van der Waals surface area contributed by atoms with Crippen molar-refractivity contribution < 1.29 is 0 Å². The molecule has 0 saturated heterocycles. The van der Waals surface area contributed by atoms with Crippen molar-refractivity contribution in [1.29, 1.82) is 0 Å². The van der Waals surface area contributed by atoms with Crippen molar-refractivity contribution in [2.45, 2.75) is 31.7 Å². The quantitative estimate of drug-likeness (QED) is 0.649. The van der Waals surface area contributed by atoms with Gasteiger partial charge in [0.05, 0.1) is 0 Å². The van der Waals surface area contributed by atoms with Crippen molar-refractivity contribution in [3.63, 3.8) is 0 Å². The number of fused-ring (bicyclic) bond motifs is 1. The monoisotopic (exact) mass is 411 g/mol. The predicted octanol–water partition coefficient (Wildman–Crippen LogP) is 5.44. The molecule has 1 aliphatic carbocycles. The van der Waals surface area contributed by atoms with Gasteiger partial charge in [0.25, 0.3) is 0 Å². The summed E-state index contributed by atoms with van der Waals surface area (Å²) in [5, 5.41) is 4.32. The number of hydrogen-bond donors (Lipinski definition) is 1. The Balaban J connectivity index is 2.07. The molecule has 0 aliphatic heterocycles. The normalized spacial score (nSPS) is 21.1. The van der Waals surface area contributed by atoms with Gasteiger partial charge in [0, 0.05) is 20.6 Å². The van der Waals surface area contributed by atoms with Gasteiger partial charge in [-0.2, -0.15) is 0 Å². The number of hydrogen-bond acceptors (Lipinski definition) is 1. The van der Waals surface area contributed by atoms with Crippen molar-refractivity contribution in [3.8, 4) is 0 Å². The number of rotatable bonds is 2. The summed E-state index contributed by atoms with van der Waals surface area (Å²) in [5.41, 5.74) is 5.37. The molecule has 0 bridgehead atoms. The minimum Gasteiger partial charge on any atom is -0.313 e. The smallest absolute Gasteiger partial charge is 0.0438 e. The summed E-state index contributed by atoms with van der Waals surface area (Å²) in [6.45, 7) is 2.06. The molecule has 1 N–H and O–H groups in total. The SMILES string of the molecule is CN[C@H]1CC[C@@H](c2ccc(C)c(Cl)c2)c2ccc(I)cc21. The van der Waals surface area contributed by atoms with Crippen molar-refractivity contribution in [2.75, 3.05) is 7.05 Å². The van der Waals surface area contributed by atoms with Crippen LogP contribution in [0.25, 0.3) is 0 Å². The summed E-state index contributed by atoms with van der Waals surface area (Å²) >= 11 is 8.72. The number of nitrogens with one attached hydrogen (secondary N) is 1. The standard InChI is InChI=1S/C18H19ClIN/c1-11-3-4-12(9-17(11)19)14-7-8-18(21-2)16-10-13(20)5-6-15(14)16/h3-6,9-10,14,18,21H,7-8H2,1-2H3/t14-,18-/m0/s1.